The predicted molar refractivity (Wildman–Crippen MR) is 108 cm³/mol. The molecule has 0 unspecified atom stereocenters. The topological polar surface area (TPSA) is 179 Å². The summed E-state index contributed by atoms with van der Waals surface area (Å²) in [5, 5.41) is 48.2. The molecule has 0 atom stereocenters. The van der Waals surface area contributed by atoms with Crippen LogP contribution in [0.25, 0.3) is 11.1 Å². The molecule has 3 aromatic carbocycles. The van der Waals surface area contributed by atoms with Gasteiger partial charge in [-0.1, -0.05) is 24.3 Å². The first-order chi connectivity index (χ1) is 15.1. The highest BCUT2D eigenvalue weighted by molar-refractivity contribution is 6.08. The van der Waals surface area contributed by atoms with Crippen molar-refractivity contribution in [2.24, 2.45) is 0 Å². The molecule has 3 rings (SSSR count). The molecule has 10 heteroatoms. The maximum atomic E-state index is 11.8. The summed E-state index contributed by atoms with van der Waals surface area (Å²) < 4.78 is 5.62. The van der Waals surface area contributed by atoms with Crippen molar-refractivity contribution in [1.29, 1.82) is 0 Å². The summed E-state index contributed by atoms with van der Waals surface area (Å²) in [7, 11) is 0. The monoisotopic (exact) mass is 438 g/mol. The molecule has 0 aliphatic heterocycles. The average Bonchev–Trinajstić information content (AvgIpc) is 2.72. The highest BCUT2D eigenvalue weighted by Gasteiger charge is 2.26. The predicted octanol–water partition coefficient (Wildman–Crippen LogP) is 3.64. The molecule has 0 saturated carbocycles. The fourth-order valence-corrected chi connectivity index (χ4v) is 3.18. The molecular weight excluding hydrogens is 424 g/mol. The Labute approximate surface area is 179 Å². The van der Waals surface area contributed by atoms with Gasteiger partial charge < -0.3 is 30.3 Å². The van der Waals surface area contributed by atoms with E-state index in [9.17, 15) is 44.7 Å². The molecule has 0 aliphatic carbocycles. The normalized spacial score (nSPS) is 10.4. The molecule has 32 heavy (non-hydrogen) atoms. The van der Waals surface area contributed by atoms with E-state index < -0.39 is 51.9 Å². The van der Waals surface area contributed by atoms with Crippen LogP contribution in [0.3, 0.4) is 0 Å². The fraction of sp³-hybridized carbons (Fsp3) is 0. The van der Waals surface area contributed by atoms with Gasteiger partial charge >= 0.3 is 23.9 Å². The zero-order valence-corrected chi connectivity index (χ0v) is 16.0. The summed E-state index contributed by atoms with van der Waals surface area (Å²) in [5.74, 6) is -7.25. The van der Waals surface area contributed by atoms with Crippen LogP contribution in [0.5, 0.6) is 17.2 Å². The van der Waals surface area contributed by atoms with E-state index in [1.54, 1.807) is 0 Å². The van der Waals surface area contributed by atoms with E-state index in [0.717, 1.165) is 12.1 Å². The number of carbonyl (C=O) groups is 4. The molecule has 0 spiro atoms. The van der Waals surface area contributed by atoms with Crippen LogP contribution in [0.4, 0.5) is 0 Å². The molecule has 0 saturated heterocycles. The molecular formula is C22H14O10. The van der Waals surface area contributed by atoms with Crippen LogP contribution in [0.15, 0.2) is 54.6 Å². The minimum Gasteiger partial charge on any atom is -0.507 e. The molecule has 0 fully saturated rings. The van der Waals surface area contributed by atoms with Gasteiger partial charge in [0.25, 0.3) is 0 Å². The van der Waals surface area contributed by atoms with Crippen LogP contribution in [-0.4, -0.2) is 49.4 Å². The Kier molecular flexibility index (Phi) is 5.79. The number of hydrogen-bond acceptors (Lipinski definition) is 6. The zero-order valence-electron chi connectivity index (χ0n) is 16.0. The second-order valence-electron chi connectivity index (χ2n) is 6.38. The first-order valence-electron chi connectivity index (χ1n) is 8.82. The van der Waals surface area contributed by atoms with Gasteiger partial charge in [-0.25, -0.2) is 19.2 Å². The van der Waals surface area contributed by atoms with Crippen molar-refractivity contribution in [3.63, 3.8) is 0 Å². The third-order valence-corrected chi connectivity index (χ3v) is 4.47. The van der Waals surface area contributed by atoms with E-state index in [1.807, 2.05) is 0 Å². The second kappa shape index (κ2) is 8.48. The average molecular weight is 438 g/mol. The van der Waals surface area contributed by atoms with Gasteiger partial charge in [-0.3, -0.25) is 0 Å². The highest BCUT2D eigenvalue weighted by atomic mass is 16.5. The number of aromatic hydroxyl groups is 1. The van der Waals surface area contributed by atoms with Crippen LogP contribution in [0.2, 0.25) is 0 Å². The first kappa shape index (κ1) is 21.8. The summed E-state index contributed by atoms with van der Waals surface area (Å²) in [5.41, 5.74) is -2.78. The summed E-state index contributed by atoms with van der Waals surface area (Å²) in [6.07, 6.45) is 0. The Hall–Kier alpha value is -4.86. The van der Waals surface area contributed by atoms with Crippen molar-refractivity contribution in [3.8, 4) is 28.4 Å². The lowest BCUT2D eigenvalue weighted by molar-refractivity contribution is 0.0649. The first-order valence-corrected chi connectivity index (χ1v) is 8.82. The van der Waals surface area contributed by atoms with Crippen molar-refractivity contribution in [1.82, 2.24) is 0 Å². The lowest BCUT2D eigenvalue weighted by Gasteiger charge is -2.17. The van der Waals surface area contributed by atoms with Crippen LogP contribution in [0, 0.1) is 0 Å². The van der Waals surface area contributed by atoms with E-state index in [0.29, 0.717) is 0 Å². The van der Waals surface area contributed by atoms with Gasteiger partial charge in [-0.15, -0.1) is 0 Å². The lowest BCUT2D eigenvalue weighted by Crippen LogP contribution is -2.11. The second-order valence-corrected chi connectivity index (χ2v) is 6.38. The van der Waals surface area contributed by atoms with E-state index in [1.165, 1.54) is 42.5 Å². The van der Waals surface area contributed by atoms with Crippen molar-refractivity contribution < 1.29 is 49.4 Å². The summed E-state index contributed by atoms with van der Waals surface area (Å²) in [6.45, 7) is 0. The van der Waals surface area contributed by atoms with Crippen molar-refractivity contribution in [2.75, 3.05) is 0 Å². The van der Waals surface area contributed by atoms with Gasteiger partial charge in [0.15, 0.2) is 0 Å². The van der Waals surface area contributed by atoms with Gasteiger partial charge in [0, 0.05) is 5.56 Å². The van der Waals surface area contributed by atoms with E-state index in [4.69, 9.17) is 4.74 Å². The van der Waals surface area contributed by atoms with E-state index >= 15 is 0 Å². The smallest absolute Gasteiger partial charge is 0.340 e. The Balaban J connectivity index is 2.28. The molecule has 5 N–H and O–H groups in total. The number of phenolic OH excluding ortho intramolecular Hbond substituents is 1. The number of rotatable bonds is 7. The van der Waals surface area contributed by atoms with Crippen LogP contribution >= 0.6 is 0 Å². The summed E-state index contributed by atoms with van der Waals surface area (Å²) >= 11 is 0. The lowest BCUT2D eigenvalue weighted by atomic mass is 9.94. The third kappa shape index (κ3) is 3.92. The van der Waals surface area contributed by atoms with E-state index in [2.05, 4.69) is 0 Å². The number of benzene rings is 3. The van der Waals surface area contributed by atoms with Crippen LogP contribution < -0.4 is 4.74 Å². The van der Waals surface area contributed by atoms with Gasteiger partial charge in [0.1, 0.15) is 22.8 Å². The fourth-order valence-electron chi connectivity index (χ4n) is 3.18. The Morgan fingerprint density at radius 1 is 0.594 bits per heavy atom. The van der Waals surface area contributed by atoms with Crippen molar-refractivity contribution in [2.45, 2.75) is 0 Å². The molecule has 0 heterocycles. The maximum absolute atomic E-state index is 11.8. The maximum Gasteiger partial charge on any atom is 0.340 e. The molecule has 10 nitrogen and oxygen atoms in total. The standard InChI is InChI=1S/C22H14O10/c23-13-7-3-9-14(32-15-8-2-6-12(20(26)27)18(15)22(30)31)17(13)10-4-1-5-11(19(24)25)16(10)21(28)29/h1-9,23H,(H,24,25)(H,26,27)(H,28,29)(H,30,31). The Morgan fingerprint density at radius 2 is 1.09 bits per heavy atom. The molecule has 162 valence electrons. The zero-order chi connectivity index (χ0) is 23.6. The van der Waals surface area contributed by atoms with Gasteiger partial charge in [0.2, 0.25) is 0 Å². The third-order valence-electron chi connectivity index (χ3n) is 4.47. The van der Waals surface area contributed by atoms with Crippen molar-refractivity contribution in [3.05, 3.63) is 76.9 Å². The van der Waals surface area contributed by atoms with Crippen LogP contribution in [0.1, 0.15) is 41.4 Å². The quantitative estimate of drug-likeness (QED) is 0.365. The number of aromatic carboxylic acids is 4. The van der Waals surface area contributed by atoms with Gasteiger partial charge in [-0.05, 0) is 30.3 Å². The van der Waals surface area contributed by atoms with Gasteiger partial charge in [0.05, 0.1) is 22.3 Å². The highest BCUT2D eigenvalue weighted by Crippen LogP contribution is 2.42. The van der Waals surface area contributed by atoms with Crippen LogP contribution in [-0.2, 0) is 0 Å². The number of carboxylic acids is 4. The van der Waals surface area contributed by atoms with Gasteiger partial charge in [-0.2, -0.15) is 0 Å². The molecule has 0 amide bonds. The Morgan fingerprint density at radius 3 is 1.66 bits per heavy atom. The Bertz CT molecular complexity index is 1280. The molecule has 0 radical (unpaired) electrons. The minimum absolute atomic E-state index is 0.197. The molecule has 0 aliphatic rings. The number of ether oxygens (including phenoxy) is 1. The molecule has 3 aromatic rings. The minimum atomic E-state index is -1.58. The molecule has 0 aromatic heterocycles. The molecule has 0 bridgehead atoms. The van der Waals surface area contributed by atoms with E-state index in [-0.39, 0.29) is 22.6 Å². The number of hydrogen-bond donors (Lipinski definition) is 5. The number of phenols is 1. The summed E-state index contributed by atoms with van der Waals surface area (Å²) in [4.78, 5) is 46.5. The SMILES string of the molecule is O=C(O)c1cccc(Oc2cccc(O)c2-c2cccc(C(=O)O)c2C(=O)O)c1C(=O)O. The van der Waals surface area contributed by atoms with Crippen molar-refractivity contribution >= 4 is 23.9 Å². The summed E-state index contributed by atoms with van der Waals surface area (Å²) in [6, 6.07) is 10.9. The number of carboxylic acid groups (broad SMARTS) is 4. The largest absolute Gasteiger partial charge is 0.507 e.